The fourth-order valence-electron chi connectivity index (χ4n) is 2.15. The number of rotatable bonds is 7. The Morgan fingerprint density at radius 3 is 2.25 bits per heavy atom. The number of aromatic nitrogens is 2. The number of nitrogens with one attached hydrogen (secondary N) is 3. The Kier molecular flexibility index (Phi) is 6.71. The van der Waals surface area contributed by atoms with Crippen LogP contribution in [0.1, 0.15) is 5.56 Å². The highest BCUT2D eigenvalue weighted by Gasteiger charge is 2.22. The lowest BCUT2D eigenvalue weighted by Crippen LogP contribution is -2.35. The molecular formula is C16H19N5O6S. The van der Waals surface area contributed by atoms with Crippen LogP contribution < -0.4 is 24.8 Å². The number of hydrogen-bond donors (Lipinski definition) is 3. The number of methoxy groups -OCH3 is 2. The van der Waals surface area contributed by atoms with Gasteiger partial charge in [0, 0.05) is 7.05 Å². The third-order valence-electron chi connectivity index (χ3n) is 3.44. The molecule has 0 spiro atoms. The zero-order valence-electron chi connectivity index (χ0n) is 15.3. The van der Waals surface area contributed by atoms with E-state index in [4.69, 9.17) is 9.47 Å². The molecule has 11 nitrogen and oxygen atoms in total. The summed E-state index contributed by atoms with van der Waals surface area (Å²) < 4.78 is 36.9. The summed E-state index contributed by atoms with van der Waals surface area (Å²) in [5, 5.41) is 4.61. The number of carbonyl (C=O) groups is 2. The van der Waals surface area contributed by atoms with Crippen LogP contribution >= 0.6 is 0 Å². The van der Waals surface area contributed by atoms with Crippen molar-refractivity contribution < 1.29 is 27.5 Å². The second kappa shape index (κ2) is 8.99. The summed E-state index contributed by atoms with van der Waals surface area (Å²) in [4.78, 5) is 31.3. The molecule has 0 saturated carbocycles. The maximum atomic E-state index is 12.6. The van der Waals surface area contributed by atoms with Crippen LogP contribution in [0.5, 0.6) is 11.8 Å². The van der Waals surface area contributed by atoms with Crippen LogP contribution in [0.3, 0.4) is 0 Å². The topological polar surface area (TPSA) is 149 Å². The van der Waals surface area contributed by atoms with E-state index in [1.165, 1.54) is 45.5 Å². The van der Waals surface area contributed by atoms with Gasteiger partial charge in [-0.1, -0.05) is 18.2 Å². The van der Waals surface area contributed by atoms with Crippen molar-refractivity contribution in [3.8, 4) is 11.8 Å². The Hall–Kier alpha value is -3.41. The van der Waals surface area contributed by atoms with Crippen LogP contribution in [0.2, 0.25) is 0 Å². The maximum Gasteiger partial charge on any atom is 0.335 e. The molecule has 0 atom stereocenters. The largest absolute Gasteiger partial charge is 0.481 e. The third kappa shape index (κ3) is 5.30. The molecule has 3 amide bonds. The van der Waals surface area contributed by atoms with Crippen molar-refractivity contribution in [2.75, 3.05) is 26.6 Å². The minimum absolute atomic E-state index is 0.112. The van der Waals surface area contributed by atoms with Crippen molar-refractivity contribution in [1.82, 2.24) is 20.0 Å². The molecule has 12 heteroatoms. The summed E-state index contributed by atoms with van der Waals surface area (Å²) in [6.45, 7) is 0. The monoisotopic (exact) mass is 409 g/mol. The zero-order valence-corrected chi connectivity index (χ0v) is 16.2. The van der Waals surface area contributed by atoms with E-state index < -0.39 is 16.1 Å². The molecule has 3 N–H and O–H groups in total. The Morgan fingerprint density at radius 1 is 1.07 bits per heavy atom. The summed E-state index contributed by atoms with van der Waals surface area (Å²) in [6, 6.07) is 6.14. The van der Waals surface area contributed by atoms with Gasteiger partial charge in [0.05, 0.1) is 31.6 Å². The molecular weight excluding hydrogens is 390 g/mol. The number of anilines is 1. The van der Waals surface area contributed by atoms with Crippen molar-refractivity contribution in [2.45, 2.75) is 11.3 Å². The Balaban J connectivity index is 2.21. The number of nitrogens with zero attached hydrogens (tertiary/aromatic N) is 2. The zero-order chi connectivity index (χ0) is 20.7. The smallest absolute Gasteiger partial charge is 0.335 e. The first-order chi connectivity index (χ1) is 13.3. The second-order valence-electron chi connectivity index (χ2n) is 5.29. The van der Waals surface area contributed by atoms with E-state index in [0.29, 0.717) is 0 Å². The molecule has 1 aromatic heterocycles. The molecule has 1 aromatic carbocycles. The molecule has 28 heavy (non-hydrogen) atoms. The van der Waals surface area contributed by atoms with E-state index in [1.54, 1.807) is 6.07 Å². The molecule has 0 aliphatic heterocycles. The van der Waals surface area contributed by atoms with Crippen molar-refractivity contribution in [3.05, 3.63) is 35.9 Å². The molecule has 0 saturated heterocycles. The number of likely N-dealkylation sites (N-methyl/N-ethyl adjacent to an activating group) is 1. The Labute approximate surface area is 161 Å². The summed E-state index contributed by atoms with van der Waals surface area (Å²) in [7, 11) is -0.0964. The average molecular weight is 409 g/mol. The molecule has 0 fully saturated rings. The number of amides is 3. The first kappa shape index (κ1) is 20.9. The number of sulfonamides is 1. The van der Waals surface area contributed by atoms with E-state index in [0.717, 1.165) is 0 Å². The standard InChI is InChI=1S/C16H19N5O6S/c1-17-12(22)8-10-6-4-5-7-11(10)28(24,25)21-16(23)20-15-18-13(26-2)9-14(19-15)27-3/h4-7,9H,8H2,1-3H3,(H,17,22)(H2,18,19,20,21,23). The van der Waals surface area contributed by atoms with Gasteiger partial charge in [-0.2, -0.15) is 9.97 Å². The van der Waals surface area contributed by atoms with Crippen LogP contribution in [0.4, 0.5) is 10.7 Å². The van der Waals surface area contributed by atoms with Crippen LogP contribution in [0.15, 0.2) is 35.2 Å². The number of urea groups is 1. The van der Waals surface area contributed by atoms with Crippen LogP contribution in [0.25, 0.3) is 0 Å². The number of carbonyl (C=O) groups excluding carboxylic acids is 2. The van der Waals surface area contributed by atoms with Gasteiger partial charge in [-0.25, -0.2) is 17.9 Å². The van der Waals surface area contributed by atoms with Crippen LogP contribution in [0, 0.1) is 0 Å². The SMILES string of the molecule is CNC(=O)Cc1ccccc1S(=O)(=O)NC(=O)Nc1nc(OC)cc(OC)n1. The van der Waals surface area contributed by atoms with Crippen LogP contribution in [-0.2, 0) is 21.2 Å². The Morgan fingerprint density at radius 2 is 1.68 bits per heavy atom. The highest BCUT2D eigenvalue weighted by atomic mass is 32.2. The molecule has 0 radical (unpaired) electrons. The van der Waals surface area contributed by atoms with Gasteiger partial charge in [0.15, 0.2) is 0 Å². The Bertz CT molecular complexity index is 957. The maximum absolute atomic E-state index is 12.6. The molecule has 0 aliphatic carbocycles. The number of ether oxygens (including phenoxy) is 2. The fourth-order valence-corrected chi connectivity index (χ4v) is 3.29. The van der Waals surface area contributed by atoms with Gasteiger partial charge in [0.2, 0.25) is 23.6 Å². The molecule has 0 aliphatic rings. The number of benzene rings is 1. The van der Waals surface area contributed by atoms with E-state index in [-0.39, 0.29) is 40.5 Å². The molecule has 150 valence electrons. The molecule has 0 unspecified atom stereocenters. The van der Waals surface area contributed by atoms with E-state index in [1.807, 2.05) is 4.72 Å². The lowest BCUT2D eigenvalue weighted by atomic mass is 10.1. The van der Waals surface area contributed by atoms with Gasteiger partial charge < -0.3 is 14.8 Å². The minimum atomic E-state index is -4.26. The quantitative estimate of drug-likeness (QED) is 0.591. The molecule has 0 bridgehead atoms. The van der Waals surface area contributed by atoms with Gasteiger partial charge in [0.1, 0.15) is 0 Å². The van der Waals surface area contributed by atoms with Gasteiger partial charge in [-0.05, 0) is 11.6 Å². The predicted octanol–water partition coefficient (Wildman–Crippen LogP) is 0.293. The van der Waals surface area contributed by atoms with Gasteiger partial charge in [0.25, 0.3) is 10.0 Å². The predicted molar refractivity (Wildman–Crippen MR) is 98.7 cm³/mol. The second-order valence-corrected chi connectivity index (χ2v) is 6.94. The van der Waals surface area contributed by atoms with Crippen molar-refractivity contribution >= 4 is 27.9 Å². The van der Waals surface area contributed by atoms with Crippen molar-refractivity contribution in [1.29, 1.82) is 0 Å². The highest BCUT2D eigenvalue weighted by Crippen LogP contribution is 2.18. The highest BCUT2D eigenvalue weighted by molar-refractivity contribution is 7.90. The first-order valence-corrected chi connectivity index (χ1v) is 9.36. The van der Waals surface area contributed by atoms with Crippen LogP contribution in [-0.4, -0.2) is 51.6 Å². The summed E-state index contributed by atoms with van der Waals surface area (Å²) in [5.41, 5.74) is 0.237. The number of hydrogen-bond acceptors (Lipinski definition) is 8. The molecule has 1 heterocycles. The first-order valence-electron chi connectivity index (χ1n) is 7.88. The molecule has 2 aromatic rings. The fraction of sp³-hybridized carbons (Fsp3) is 0.250. The average Bonchev–Trinajstić information content (AvgIpc) is 2.67. The van der Waals surface area contributed by atoms with Gasteiger partial charge >= 0.3 is 6.03 Å². The summed E-state index contributed by atoms with van der Waals surface area (Å²) in [6.07, 6.45) is -0.161. The van der Waals surface area contributed by atoms with Gasteiger partial charge in [-0.15, -0.1) is 0 Å². The van der Waals surface area contributed by atoms with E-state index in [9.17, 15) is 18.0 Å². The van der Waals surface area contributed by atoms with Gasteiger partial charge in [-0.3, -0.25) is 10.1 Å². The lowest BCUT2D eigenvalue weighted by Gasteiger charge is -2.12. The minimum Gasteiger partial charge on any atom is -0.481 e. The third-order valence-corrected chi connectivity index (χ3v) is 4.87. The lowest BCUT2D eigenvalue weighted by molar-refractivity contribution is -0.119. The molecule has 2 rings (SSSR count). The normalized spacial score (nSPS) is 10.7. The summed E-state index contributed by atoms with van der Waals surface area (Å²) in [5.74, 6) is -0.367. The summed E-state index contributed by atoms with van der Waals surface area (Å²) >= 11 is 0. The van der Waals surface area contributed by atoms with Crippen molar-refractivity contribution in [2.24, 2.45) is 0 Å². The van der Waals surface area contributed by atoms with Crippen molar-refractivity contribution in [3.63, 3.8) is 0 Å². The van der Waals surface area contributed by atoms with E-state index >= 15 is 0 Å². The van der Waals surface area contributed by atoms with E-state index in [2.05, 4.69) is 20.6 Å².